The Bertz CT molecular complexity index is 1720. The summed E-state index contributed by atoms with van der Waals surface area (Å²) in [5.41, 5.74) is 8.63. The van der Waals surface area contributed by atoms with Crippen molar-refractivity contribution in [2.45, 2.75) is 72.6 Å². The van der Waals surface area contributed by atoms with Crippen molar-refractivity contribution < 1.29 is 24.2 Å². The van der Waals surface area contributed by atoms with Crippen molar-refractivity contribution in [3.05, 3.63) is 145 Å². The molecule has 224 valence electrons. The molecule has 0 radical (unpaired) electrons. The minimum atomic E-state index is 0.180. The zero-order chi connectivity index (χ0) is 32.2. The van der Waals surface area contributed by atoms with Crippen LogP contribution in [0.4, 0.5) is 0 Å². The molecule has 0 saturated heterocycles. The average Bonchev–Trinajstić information content (AvgIpc) is 3.62. The summed E-state index contributed by atoms with van der Waals surface area (Å²) in [6, 6.07) is 28.8. The summed E-state index contributed by atoms with van der Waals surface area (Å²) in [5.74, 6) is 0. The van der Waals surface area contributed by atoms with Gasteiger partial charge in [-0.25, -0.2) is 12.2 Å². The van der Waals surface area contributed by atoms with Gasteiger partial charge in [0.1, 0.15) is 0 Å². The van der Waals surface area contributed by atoms with Crippen molar-refractivity contribution in [3.63, 3.8) is 0 Å². The molecule has 5 aromatic carbocycles. The van der Waals surface area contributed by atoms with Crippen LogP contribution >= 0.6 is 31.9 Å². The first kappa shape index (κ1) is 34.8. The zero-order valence-corrected chi connectivity index (χ0v) is 32.8. The van der Waals surface area contributed by atoms with E-state index in [4.69, 9.17) is 0 Å². The van der Waals surface area contributed by atoms with Crippen LogP contribution in [-0.4, -0.2) is 3.21 Å². The Morgan fingerprint density at radius 3 is 1.48 bits per heavy atom. The number of allylic oxidation sites excluding steroid dienone is 4. The number of rotatable bonds is 2. The maximum atomic E-state index is 3.50. The molecule has 3 heteroatoms. The molecule has 0 atom stereocenters. The number of benzene rings is 4. The monoisotopic (exact) mass is 782 g/mol. The van der Waals surface area contributed by atoms with Crippen molar-refractivity contribution in [2.75, 3.05) is 0 Å². The molecule has 0 bridgehead atoms. The Morgan fingerprint density at radius 1 is 0.705 bits per heavy atom. The van der Waals surface area contributed by atoms with Crippen LogP contribution in [-0.2, 0) is 35.1 Å². The molecule has 0 spiro atoms. The molecule has 0 fully saturated rings. The van der Waals surface area contributed by atoms with Crippen LogP contribution in [0, 0.1) is 19.9 Å². The fourth-order valence-corrected chi connectivity index (χ4v) is 7.31. The maximum absolute atomic E-state index is 3.50. The molecule has 0 heterocycles. The van der Waals surface area contributed by atoms with Crippen molar-refractivity contribution in [2.24, 2.45) is 0 Å². The smallest absolute Gasteiger partial charge is 0.0142 e. The second-order valence-electron chi connectivity index (χ2n) is 13.6. The van der Waals surface area contributed by atoms with Crippen LogP contribution < -0.4 is 0 Å². The summed E-state index contributed by atoms with van der Waals surface area (Å²) in [5, 5.41) is 5.55. The van der Waals surface area contributed by atoms with Crippen LogP contribution in [0.3, 0.4) is 0 Å². The molecule has 0 nitrogen and oxygen atoms in total. The van der Waals surface area contributed by atoms with Crippen molar-refractivity contribution in [1.29, 1.82) is 0 Å². The summed E-state index contributed by atoms with van der Waals surface area (Å²) in [7, 11) is 0. The number of halogens is 2. The first-order valence-electron chi connectivity index (χ1n) is 15.1. The second kappa shape index (κ2) is 14.6. The number of aryl methyl sites for hydroxylation is 2. The van der Waals surface area contributed by atoms with Gasteiger partial charge < -0.3 is 0 Å². The largest absolute Gasteiger partial charge is 0.273 e. The van der Waals surface area contributed by atoms with Gasteiger partial charge in [-0.05, 0) is 24.7 Å². The molecular formula is C41H42Br2Zr. The van der Waals surface area contributed by atoms with Gasteiger partial charge >= 0.3 is 128 Å². The Labute approximate surface area is 296 Å². The van der Waals surface area contributed by atoms with E-state index in [1.165, 1.54) is 82.4 Å². The summed E-state index contributed by atoms with van der Waals surface area (Å²) in [6.45, 7) is 18.3. The van der Waals surface area contributed by atoms with E-state index in [1.807, 2.05) is 24.3 Å². The number of fused-ring (bicyclic) bond motifs is 3. The SMILES string of the molecule is Brc1cccc([C](=[Zr+2])c2cccc(Br)c2)c1.Cc1cc2[cH-]c3cc(C)c(C(C)(C)C)cc3c2cc1C(C)(C)C.[C-]1=CC=CC1. The molecule has 0 amide bonds. The third kappa shape index (κ3) is 8.81. The summed E-state index contributed by atoms with van der Waals surface area (Å²) >= 11 is 8.43. The van der Waals surface area contributed by atoms with E-state index in [9.17, 15) is 0 Å². The predicted octanol–water partition coefficient (Wildman–Crippen LogP) is 12.6. The normalized spacial score (nSPS) is 12.6. The van der Waals surface area contributed by atoms with Crippen molar-refractivity contribution in [3.8, 4) is 0 Å². The summed E-state index contributed by atoms with van der Waals surface area (Å²) in [6.07, 6.45) is 10.0. The van der Waals surface area contributed by atoms with E-state index in [0.29, 0.717) is 0 Å². The number of hydrogen-bond donors (Lipinski definition) is 0. The van der Waals surface area contributed by atoms with Crippen molar-refractivity contribution in [1.82, 2.24) is 0 Å². The molecule has 44 heavy (non-hydrogen) atoms. The summed E-state index contributed by atoms with van der Waals surface area (Å²) < 4.78 is 3.62. The molecule has 1 aliphatic carbocycles. The van der Waals surface area contributed by atoms with E-state index in [0.717, 1.165) is 15.4 Å². The minimum Gasteiger partial charge on any atom is -0.273 e. The third-order valence-corrected chi connectivity index (χ3v) is 10.2. The van der Waals surface area contributed by atoms with Gasteiger partial charge in [-0.15, -0.1) is 46.2 Å². The van der Waals surface area contributed by atoms with Crippen molar-refractivity contribution >= 4 is 56.6 Å². The van der Waals surface area contributed by atoms with Gasteiger partial charge in [0.05, 0.1) is 0 Å². The topological polar surface area (TPSA) is 0 Å². The van der Waals surface area contributed by atoms with Gasteiger partial charge in [0.15, 0.2) is 0 Å². The quantitative estimate of drug-likeness (QED) is 0.156. The molecule has 6 rings (SSSR count). The Balaban J connectivity index is 0.000000181. The fraction of sp³-hybridized carbons (Fsp3) is 0.268. The Morgan fingerprint density at radius 2 is 1.16 bits per heavy atom. The van der Waals surface area contributed by atoms with Gasteiger partial charge in [0.2, 0.25) is 0 Å². The first-order chi connectivity index (χ1) is 20.6. The predicted molar refractivity (Wildman–Crippen MR) is 197 cm³/mol. The van der Waals surface area contributed by atoms with Gasteiger partial charge in [0.25, 0.3) is 0 Å². The minimum absolute atomic E-state index is 0.180. The van der Waals surface area contributed by atoms with E-state index < -0.39 is 0 Å². The van der Waals surface area contributed by atoms with Crippen LogP contribution in [0.1, 0.15) is 81.3 Å². The van der Waals surface area contributed by atoms with E-state index in [1.54, 1.807) is 0 Å². The molecule has 0 saturated carbocycles. The van der Waals surface area contributed by atoms with Crippen LogP contribution in [0.15, 0.2) is 106 Å². The van der Waals surface area contributed by atoms with Crippen LogP contribution in [0.2, 0.25) is 0 Å². The standard InChI is InChI=1S/C23H29.C13H8Br2.C5H5.Zr/c1-14-9-16-11-17-10-15(2)21(23(6,7)8)13-19(17)18(16)12-20(14)22(3,4)5;14-12-5-1-3-10(8-12)7-11-4-2-6-13(15)9-11;1-2-4-5-3-1;/h9-13H,1-8H3;1-6,8-9H;1-3H,4H2;/q-1;;-1;+2. The van der Waals surface area contributed by atoms with E-state index in [-0.39, 0.29) is 10.8 Å². The molecule has 0 unspecified atom stereocenters. The molecule has 0 aliphatic heterocycles. The average molecular weight is 786 g/mol. The Hall–Kier alpha value is -2.06. The van der Waals surface area contributed by atoms with E-state index >= 15 is 0 Å². The Kier molecular flexibility index (Phi) is 11.5. The van der Waals surface area contributed by atoms with Gasteiger partial charge in [0, 0.05) is 0 Å². The van der Waals surface area contributed by atoms with E-state index in [2.05, 4.69) is 166 Å². The molecule has 1 aliphatic rings. The van der Waals surface area contributed by atoms with Crippen LogP contribution in [0.25, 0.3) is 21.5 Å². The second-order valence-corrected chi connectivity index (χ2v) is 16.6. The summed E-state index contributed by atoms with van der Waals surface area (Å²) in [4.78, 5) is 0. The molecule has 5 aromatic rings. The maximum Gasteiger partial charge on any atom is -0.0142 e. The third-order valence-electron chi connectivity index (χ3n) is 7.82. The molecule has 0 N–H and O–H groups in total. The first-order valence-corrected chi connectivity index (χ1v) is 17.9. The van der Waals surface area contributed by atoms with Crippen LogP contribution in [0.5, 0.6) is 0 Å². The fourth-order valence-electron chi connectivity index (χ4n) is 5.74. The molecule has 0 aromatic heterocycles. The van der Waals surface area contributed by atoms with Gasteiger partial charge in [-0.2, -0.15) is 6.08 Å². The zero-order valence-electron chi connectivity index (χ0n) is 27.2. The molecular weight excluding hydrogens is 743 g/mol. The van der Waals surface area contributed by atoms with Gasteiger partial charge in [-0.3, -0.25) is 6.08 Å². The van der Waals surface area contributed by atoms with Gasteiger partial charge in [-0.1, -0.05) is 75.9 Å². The number of hydrogen-bond acceptors (Lipinski definition) is 0.